The number of carbonyl (C=O) groups is 1. The van der Waals surface area contributed by atoms with Crippen molar-refractivity contribution in [2.45, 2.75) is 360 Å². The zero-order chi connectivity index (χ0) is 55.6. The SMILES string of the molecule is CCCCCCCCCCCCCCCCC/C=C/CC/C=C/C(O)C(COP(=O)([O-])OCC[N+](C)(C)C)NC(=O)CCCCCCCCCCCCCCCCCCCCCCCCCCCCCCCCCCC. The molecule has 76 heavy (non-hydrogen) atoms. The van der Waals surface area contributed by atoms with Gasteiger partial charge < -0.3 is 28.8 Å². The molecule has 452 valence electrons. The lowest BCUT2D eigenvalue weighted by Crippen LogP contribution is -2.45. The molecule has 0 aliphatic rings. The number of unbranched alkanes of at least 4 members (excludes halogenated alkanes) is 48. The minimum absolute atomic E-state index is 0.00353. The number of quaternary nitrogens is 1. The maximum atomic E-state index is 13.0. The van der Waals surface area contributed by atoms with Crippen molar-refractivity contribution >= 4 is 13.7 Å². The van der Waals surface area contributed by atoms with Crippen molar-refractivity contribution in [2.75, 3.05) is 40.9 Å². The minimum Gasteiger partial charge on any atom is -0.756 e. The van der Waals surface area contributed by atoms with E-state index in [1.54, 1.807) is 6.08 Å². The van der Waals surface area contributed by atoms with Crippen molar-refractivity contribution < 1.29 is 32.9 Å². The van der Waals surface area contributed by atoms with Crippen LogP contribution in [0.5, 0.6) is 0 Å². The monoisotopic (exact) mass is 1090 g/mol. The summed E-state index contributed by atoms with van der Waals surface area (Å²) in [6, 6.07) is -0.901. The van der Waals surface area contributed by atoms with Crippen LogP contribution in [0.4, 0.5) is 0 Å². The molecule has 0 aromatic rings. The van der Waals surface area contributed by atoms with Crippen LogP contribution in [0.15, 0.2) is 24.3 Å². The van der Waals surface area contributed by atoms with E-state index in [-0.39, 0.29) is 19.1 Å². The summed E-state index contributed by atoms with van der Waals surface area (Å²) in [5.41, 5.74) is 0. The van der Waals surface area contributed by atoms with Gasteiger partial charge in [0, 0.05) is 6.42 Å². The van der Waals surface area contributed by atoms with E-state index < -0.39 is 20.0 Å². The number of carbonyl (C=O) groups excluding carboxylic acids is 1. The van der Waals surface area contributed by atoms with Crippen LogP contribution in [-0.4, -0.2) is 68.5 Å². The molecule has 0 aliphatic heterocycles. The summed E-state index contributed by atoms with van der Waals surface area (Å²) in [6.07, 6.45) is 75.9. The molecule has 8 nitrogen and oxygen atoms in total. The lowest BCUT2D eigenvalue weighted by atomic mass is 10.0. The number of hydrogen-bond donors (Lipinski definition) is 2. The Kier molecular flexibility index (Phi) is 57.8. The van der Waals surface area contributed by atoms with Crippen molar-refractivity contribution in [3.05, 3.63) is 24.3 Å². The number of phosphoric acid groups is 1. The highest BCUT2D eigenvalue weighted by molar-refractivity contribution is 7.45. The number of hydrogen-bond acceptors (Lipinski definition) is 6. The summed E-state index contributed by atoms with van der Waals surface area (Å²) in [5.74, 6) is -0.199. The van der Waals surface area contributed by atoms with E-state index >= 15 is 0 Å². The van der Waals surface area contributed by atoms with Gasteiger partial charge in [-0.25, -0.2) is 0 Å². The fraction of sp³-hybridized carbons (Fsp3) is 0.925. The first-order valence-corrected chi connectivity index (χ1v) is 35.2. The van der Waals surface area contributed by atoms with E-state index in [2.05, 4.69) is 31.3 Å². The number of amides is 1. The van der Waals surface area contributed by atoms with Gasteiger partial charge in [0.15, 0.2) is 0 Å². The van der Waals surface area contributed by atoms with Gasteiger partial charge >= 0.3 is 0 Å². The van der Waals surface area contributed by atoms with Crippen molar-refractivity contribution in [3.8, 4) is 0 Å². The number of allylic oxidation sites excluding steroid dienone is 3. The molecular formula is C67H133N2O6P. The highest BCUT2D eigenvalue weighted by Crippen LogP contribution is 2.38. The standard InChI is InChI=1S/C67H133N2O6P/c1-6-8-10-12-14-16-18-20-22-24-26-28-29-30-31-32-33-34-35-36-37-38-39-41-43-45-47-49-51-53-55-57-59-61-67(71)68-65(64-75-76(72,73)74-63-62-69(3,4)5)66(70)60-58-56-54-52-50-48-46-44-42-40-27-25-23-21-19-17-15-13-11-9-7-2/h50,52,58,60,65-66,70H,6-49,51,53-57,59,61-64H2,1-5H3,(H-,68,71,72,73)/b52-50+,60-58+. The summed E-state index contributed by atoms with van der Waals surface area (Å²) < 4.78 is 23.4. The third kappa shape index (κ3) is 60.6. The molecule has 3 atom stereocenters. The molecule has 9 heteroatoms. The first-order chi connectivity index (χ1) is 37.0. The van der Waals surface area contributed by atoms with E-state index in [0.717, 1.165) is 38.5 Å². The summed E-state index contributed by atoms with van der Waals surface area (Å²) in [4.78, 5) is 25.6. The molecule has 1 amide bonds. The molecule has 0 saturated carbocycles. The van der Waals surface area contributed by atoms with Crippen molar-refractivity contribution in [3.63, 3.8) is 0 Å². The molecule has 0 aliphatic carbocycles. The number of nitrogens with one attached hydrogen (secondary N) is 1. The number of nitrogens with zero attached hydrogens (tertiary/aromatic N) is 1. The van der Waals surface area contributed by atoms with Gasteiger partial charge in [-0.3, -0.25) is 9.36 Å². The lowest BCUT2D eigenvalue weighted by Gasteiger charge is -2.29. The number of likely N-dealkylation sites (N-methyl/N-ethyl adjacent to an activating group) is 1. The molecule has 0 aromatic heterocycles. The number of rotatable bonds is 63. The first kappa shape index (κ1) is 75.0. The van der Waals surface area contributed by atoms with Crippen LogP contribution in [0, 0.1) is 0 Å². The number of aliphatic hydroxyl groups excluding tert-OH is 1. The van der Waals surface area contributed by atoms with Gasteiger partial charge in [0.2, 0.25) is 5.91 Å². The van der Waals surface area contributed by atoms with Crippen LogP contribution in [0.2, 0.25) is 0 Å². The Hall–Kier alpha value is -1.02. The Morgan fingerprint density at radius 2 is 0.737 bits per heavy atom. The normalized spacial score (nSPS) is 13.8. The van der Waals surface area contributed by atoms with Gasteiger partial charge in [-0.1, -0.05) is 334 Å². The fourth-order valence-corrected chi connectivity index (χ4v) is 11.1. The Balaban J connectivity index is 4.03. The van der Waals surface area contributed by atoms with E-state index in [1.807, 2.05) is 27.2 Å². The van der Waals surface area contributed by atoms with E-state index in [4.69, 9.17) is 9.05 Å². The second-order valence-corrected chi connectivity index (χ2v) is 25.9. The largest absolute Gasteiger partial charge is 0.756 e. The highest BCUT2D eigenvalue weighted by atomic mass is 31.2. The van der Waals surface area contributed by atoms with Gasteiger partial charge in [-0.15, -0.1) is 0 Å². The maximum Gasteiger partial charge on any atom is 0.268 e. The lowest BCUT2D eigenvalue weighted by molar-refractivity contribution is -0.870. The summed E-state index contributed by atoms with van der Waals surface area (Å²) in [6.45, 7) is 4.69. The minimum atomic E-state index is -4.61. The Morgan fingerprint density at radius 1 is 0.447 bits per heavy atom. The first-order valence-electron chi connectivity index (χ1n) is 33.7. The topological polar surface area (TPSA) is 108 Å². The predicted molar refractivity (Wildman–Crippen MR) is 330 cm³/mol. The van der Waals surface area contributed by atoms with E-state index in [1.165, 1.54) is 289 Å². The fourth-order valence-electron chi connectivity index (χ4n) is 10.4. The number of aliphatic hydroxyl groups is 1. The van der Waals surface area contributed by atoms with Crippen molar-refractivity contribution in [2.24, 2.45) is 0 Å². The summed E-state index contributed by atoms with van der Waals surface area (Å²) in [7, 11) is 1.26. The van der Waals surface area contributed by atoms with Crippen LogP contribution in [0.25, 0.3) is 0 Å². The zero-order valence-corrected chi connectivity index (χ0v) is 52.6. The van der Waals surface area contributed by atoms with Gasteiger partial charge in [0.05, 0.1) is 39.9 Å². The van der Waals surface area contributed by atoms with Crippen LogP contribution in [0.1, 0.15) is 348 Å². The molecule has 0 bridgehead atoms. The molecule has 2 N–H and O–H groups in total. The average Bonchev–Trinajstić information content (AvgIpc) is 3.38. The van der Waals surface area contributed by atoms with Gasteiger partial charge in [0.25, 0.3) is 7.82 Å². The number of phosphoric ester groups is 1. The summed E-state index contributed by atoms with van der Waals surface area (Å²) in [5, 5.41) is 13.9. The van der Waals surface area contributed by atoms with Crippen LogP contribution < -0.4 is 10.2 Å². The van der Waals surface area contributed by atoms with Gasteiger partial charge in [-0.2, -0.15) is 0 Å². The maximum absolute atomic E-state index is 13.0. The predicted octanol–water partition coefficient (Wildman–Crippen LogP) is 20.5. The van der Waals surface area contributed by atoms with Crippen molar-refractivity contribution in [1.82, 2.24) is 5.32 Å². The zero-order valence-electron chi connectivity index (χ0n) is 51.7. The van der Waals surface area contributed by atoms with E-state index in [0.29, 0.717) is 17.4 Å². The molecule has 0 rings (SSSR count). The molecule has 0 heterocycles. The molecule has 0 aromatic carbocycles. The summed E-state index contributed by atoms with van der Waals surface area (Å²) >= 11 is 0. The third-order valence-electron chi connectivity index (χ3n) is 15.7. The quantitative estimate of drug-likeness (QED) is 0.0272. The van der Waals surface area contributed by atoms with Crippen LogP contribution >= 0.6 is 7.82 Å². The third-order valence-corrected chi connectivity index (χ3v) is 16.6. The Bertz CT molecular complexity index is 1290. The smallest absolute Gasteiger partial charge is 0.268 e. The molecule has 3 unspecified atom stereocenters. The Labute approximate surface area is 474 Å². The molecular weight excluding hydrogens is 960 g/mol. The highest BCUT2D eigenvalue weighted by Gasteiger charge is 2.23. The molecule has 0 spiro atoms. The van der Waals surface area contributed by atoms with Gasteiger partial charge in [-0.05, 0) is 32.1 Å². The van der Waals surface area contributed by atoms with Crippen LogP contribution in [-0.2, 0) is 18.4 Å². The molecule has 0 radical (unpaired) electrons. The second kappa shape index (κ2) is 58.6. The molecule has 0 saturated heterocycles. The second-order valence-electron chi connectivity index (χ2n) is 24.5. The van der Waals surface area contributed by atoms with Crippen molar-refractivity contribution in [1.29, 1.82) is 0 Å². The van der Waals surface area contributed by atoms with Crippen LogP contribution in [0.3, 0.4) is 0 Å². The van der Waals surface area contributed by atoms with Gasteiger partial charge in [0.1, 0.15) is 13.2 Å². The molecule has 0 fully saturated rings. The van der Waals surface area contributed by atoms with E-state index in [9.17, 15) is 19.4 Å². The average molecular weight is 1090 g/mol. The Morgan fingerprint density at radius 3 is 1.07 bits per heavy atom.